The standard InChI is InChI=1S/C16H21NO3/c18-15-5-1-4-14-13(15)3-2-6-16(14)20-12-9-17-7-10-19-11-8-17/h2-3,6H,1,4-5,7-12H2. The molecule has 1 fully saturated rings. The van der Waals surface area contributed by atoms with E-state index in [1.54, 1.807) is 0 Å². The van der Waals surface area contributed by atoms with Crippen molar-refractivity contribution in [2.45, 2.75) is 19.3 Å². The number of hydrogen-bond donors (Lipinski definition) is 0. The van der Waals surface area contributed by atoms with Crippen molar-refractivity contribution in [3.8, 4) is 5.75 Å². The van der Waals surface area contributed by atoms with Gasteiger partial charge >= 0.3 is 0 Å². The lowest BCUT2D eigenvalue weighted by atomic mass is 9.90. The number of fused-ring (bicyclic) bond motifs is 1. The summed E-state index contributed by atoms with van der Waals surface area (Å²) in [6.07, 6.45) is 2.56. The quantitative estimate of drug-likeness (QED) is 0.841. The number of hydrogen-bond acceptors (Lipinski definition) is 4. The minimum atomic E-state index is 0.255. The topological polar surface area (TPSA) is 38.8 Å². The molecule has 4 heteroatoms. The molecule has 1 heterocycles. The Hall–Kier alpha value is -1.39. The molecule has 0 radical (unpaired) electrons. The Morgan fingerprint density at radius 1 is 1.20 bits per heavy atom. The lowest BCUT2D eigenvalue weighted by Gasteiger charge is -2.26. The van der Waals surface area contributed by atoms with Gasteiger partial charge < -0.3 is 9.47 Å². The molecule has 1 aromatic rings. The van der Waals surface area contributed by atoms with Gasteiger partial charge in [0.1, 0.15) is 12.4 Å². The van der Waals surface area contributed by atoms with E-state index in [-0.39, 0.29) is 5.78 Å². The largest absolute Gasteiger partial charge is 0.492 e. The van der Waals surface area contributed by atoms with E-state index < -0.39 is 0 Å². The minimum absolute atomic E-state index is 0.255. The van der Waals surface area contributed by atoms with Crippen molar-refractivity contribution in [3.63, 3.8) is 0 Å². The van der Waals surface area contributed by atoms with Crippen molar-refractivity contribution < 1.29 is 14.3 Å². The molecule has 20 heavy (non-hydrogen) atoms. The summed E-state index contributed by atoms with van der Waals surface area (Å²) in [6, 6.07) is 5.83. The summed E-state index contributed by atoms with van der Waals surface area (Å²) < 4.78 is 11.3. The summed E-state index contributed by atoms with van der Waals surface area (Å²) in [5, 5.41) is 0. The van der Waals surface area contributed by atoms with E-state index >= 15 is 0 Å². The highest BCUT2D eigenvalue weighted by Gasteiger charge is 2.20. The van der Waals surface area contributed by atoms with Gasteiger partial charge in [0.2, 0.25) is 0 Å². The maximum absolute atomic E-state index is 11.9. The molecule has 2 aliphatic rings. The molecule has 1 aromatic carbocycles. The highest BCUT2D eigenvalue weighted by atomic mass is 16.5. The molecule has 0 bridgehead atoms. The molecule has 0 atom stereocenters. The average Bonchev–Trinajstić information content (AvgIpc) is 2.49. The maximum Gasteiger partial charge on any atom is 0.163 e. The lowest BCUT2D eigenvalue weighted by molar-refractivity contribution is 0.0322. The molecular weight excluding hydrogens is 254 g/mol. The molecular formula is C16H21NO3. The van der Waals surface area contributed by atoms with Crippen LogP contribution in [-0.4, -0.2) is 50.1 Å². The van der Waals surface area contributed by atoms with Crippen molar-refractivity contribution >= 4 is 5.78 Å². The zero-order chi connectivity index (χ0) is 13.8. The van der Waals surface area contributed by atoms with Gasteiger partial charge in [-0.05, 0) is 18.9 Å². The third kappa shape index (κ3) is 3.02. The molecule has 1 aliphatic carbocycles. The number of nitrogens with zero attached hydrogens (tertiary/aromatic N) is 1. The van der Waals surface area contributed by atoms with Gasteiger partial charge in [0, 0.05) is 37.2 Å². The second-order valence-electron chi connectivity index (χ2n) is 5.36. The normalized spacial score (nSPS) is 19.7. The molecule has 108 valence electrons. The van der Waals surface area contributed by atoms with E-state index in [0.29, 0.717) is 13.0 Å². The van der Waals surface area contributed by atoms with Crippen LogP contribution in [-0.2, 0) is 11.2 Å². The number of ether oxygens (including phenoxy) is 2. The minimum Gasteiger partial charge on any atom is -0.492 e. The second kappa shape index (κ2) is 6.37. The van der Waals surface area contributed by atoms with Crippen molar-refractivity contribution in [3.05, 3.63) is 29.3 Å². The van der Waals surface area contributed by atoms with Crippen LogP contribution in [0.4, 0.5) is 0 Å². The highest BCUT2D eigenvalue weighted by Crippen LogP contribution is 2.29. The first-order valence-electron chi connectivity index (χ1n) is 7.42. The predicted molar refractivity (Wildman–Crippen MR) is 76.5 cm³/mol. The molecule has 3 rings (SSSR count). The highest BCUT2D eigenvalue weighted by molar-refractivity contribution is 5.99. The van der Waals surface area contributed by atoms with Crippen molar-refractivity contribution in [2.75, 3.05) is 39.5 Å². The zero-order valence-corrected chi connectivity index (χ0v) is 11.8. The van der Waals surface area contributed by atoms with Crippen molar-refractivity contribution in [1.29, 1.82) is 0 Å². The predicted octanol–water partition coefficient (Wildman–Crippen LogP) is 1.92. The van der Waals surface area contributed by atoms with Gasteiger partial charge in [-0.25, -0.2) is 0 Å². The van der Waals surface area contributed by atoms with Crippen LogP contribution >= 0.6 is 0 Å². The summed E-state index contributed by atoms with van der Waals surface area (Å²) in [7, 11) is 0. The SMILES string of the molecule is O=C1CCCc2c(OCCN3CCOCC3)cccc21. The Balaban J connectivity index is 1.60. The molecule has 1 saturated heterocycles. The Bertz CT molecular complexity index is 481. The monoisotopic (exact) mass is 275 g/mol. The van der Waals surface area contributed by atoms with Gasteiger partial charge in [-0.15, -0.1) is 0 Å². The van der Waals surface area contributed by atoms with Crippen molar-refractivity contribution in [1.82, 2.24) is 4.90 Å². The molecule has 0 N–H and O–H groups in total. The van der Waals surface area contributed by atoms with Crippen LogP contribution in [0.3, 0.4) is 0 Å². The van der Waals surface area contributed by atoms with Gasteiger partial charge in [-0.3, -0.25) is 9.69 Å². The molecule has 4 nitrogen and oxygen atoms in total. The van der Waals surface area contributed by atoms with E-state index in [9.17, 15) is 4.79 Å². The van der Waals surface area contributed by atoms with Gasteiger partial charge in [-0.1, -0.05) is 12.1 Å². The first kappa shape index (κ1) is 13.6. The lowest BCUT2D eigenvalue weighted by Crippen LogP contribution is -2.38. The number of benzene rings is 1. The Labute approximate surface area is 119 Å². The number of ketones is 1. The fourth-order valence-electron chi connectivity index (χ4n) is 2.89. The Kier molecular flexibility index (Phi) is 4.33. The van der Waals surface area contributed by atoms with E-state index in [2.05, 4.69) is 4.90 Å². The first-order chi connectivity index (χ1) is 9.84. The molecule has 0 aromatic heterocycles. The van der Waals surface area contributed by atoms with Crippen LogP contribution in [0.1, 0.15) is 28.8 Å². The summed E-state index contributed by atoms with van der Waals surface area (Å²) in [5.74, 6) is 1.15. The van der Waals surface area contributed by atoms with Crippen LogP contribution in [0.15, 0.2) is 18.2 Å². The van der Waals surface area contributed by atoms with Gasteiger partial charge in [0.25, 0.3) is 0 Å². The van der Waals surface area contributed by atoms with E-state index in [1.807, 2.05) is 18.2 Å². The number of morpholine rings is 1. The zero-order valence-electron chi connectivity index (χ0n) is 11.8. The third-order valence-corrected chi connectivity index (χ3v) is 4.03. The number of rotatable bonds is 4. The third-order valence-electron chi connectivity index (χ3n) is 4.03. The molecule has 0 saturated carbocycles. The number of carbonyl (C=O) groups excluding carboxylic acids is 1. The Morgan fingerprint density at radius 3 is 2.90 bits per heavy atom. The second-order valence-corrected chi connectivity index (χ2v) is 5.36. The van der Waals surface area contributed by atoms with E-state index in [1.165, 1.54) is 0 Å². The van der Waals surface area contributed by atoms with Crippen LogP contribution in [0, 0.1) is 0 Å². The Morgan fingerprint density at radius 2 is 2.05 bits per heavy atom. The van der Waals surface area contributed by atoms with Crippen LogP contribution in [0.5, 0.6) is 5.75 Å². The fraction of sp³-hybridized carbons (Fsp3) is 0.562. The van der Waals surface area contributed by atoms with Gasteiger partial charge in [-0.2, -0.15) is 0 Å². The van der Waals surface area contributed by atoms with Crippen LogP contribution < -0.4 is 4.74 Å². The molecule has 0 unspecified atom stereocenters. The van der Waals surface area contributed by atoms with Crippen LogP contribution in [0.2, 0.25) is 0 Å². The summed E-state index contributed by atoms with van der Waals surface area (Å²) in [4.78, 5) is 14.2. The number of carbonyl (C=O) groups is 1. The van der Waals surface area contributed by atoms with E-state index in [0.717, 1.165) is 62.6 Å². The van der Waals surface area contributed by atoms with Crippen molar-refractivity contribution in [2.24, 2.45) is 0 Å². The van der Waals surface area contributed by atoms with Crippen LogP contribution in [0.25, 0.3) is 0 Å². The average molecular weight is 275 g/mol. The van der Waals surface area contributed by atoms with Gasteiger partial charge in [0.05, 0.1) is 13.2 Å². The summed E-state index contributed by atoms with van der Waals surface area (Å²) in [5.41, 5.74) is 1.96. The summed E-state index contributed by atoms with van der Waals surface area (Å²) >= 11 is 0. The molecule has 0 spiro atoms. The van der Waals surface area contributed by atoms with E-state index in [4.69, 9.17) is 9.47 Å². The maximum atomic E-state index is 11.9. The first-order valence-corrected chi connectivity index (χ1v) is 7.42. The summed E-state index contributed by atoms with van der Waals surface area (Å²) in [6.45, 7) is 5.18. The number of Topliss-reactive ketones (excluding diaryl/α,β-unsaturated/α-hetero) is 1. The molecule has 1 aliphatic heterocycles. The van der Waals surface area contributed by atoms with Gasteiger partial charge in [0.15, 0.2) is 5.78 Å². The fourth-order valence-corrected chi connectivity index (χ4v) is 2.89. The smallest absolute Gasteiger partial charge is 0.163 e. The molecule has 0 amide bonds.